The number of nitrogens with one attached hydrogen (secondary N) is 1. The molecule has 1 aromatic carbocycles. The summed E-state index contributed by atoms with van der Waals surface area (Å²) in [6.07, 6.45) is 1.30. The Morgan fingerprint density at radius 3 is 3.14 bits per heavy atom. The van der Waals surface area contributed by atoms with Crippen molar-refractivity contribution in [1.82, 2.24) is 5.32 Å². The van der Waals surface area contributed by atoms with Crippen LogP contribution in [0.2, 0.25) is 0 Å². The molecule has 0 amide bonds. The highest BCUT2D eigenvalue weighted by Crippen LogP contribution is 2.25. The van der Waals surface area contributed by atoms with Crippen LogP contribution in [0.1, 0.15) is 24.2 Å². The molecule has 76 valence electrons. The van der Waals surface area contributed by atoms with Crippen molar-refractivity contribution < 1.29 is 4.74 Å². The van der Waals surface area contributed by atoms with Gasteiger partial charge in [-0.1, -0.05) is 31.2 Å². The summed E-state index contributed by atoms with van der Waals surface area (Å²) in [5.74, 6) is 0. The molecule has 0 aromatic heterocycles. The van der Waals surface area contributed by atoms with Gasteiger partial charge in [-0.05, 0) is 24.1 Å². The fourth-order valence-electron chi connectivity index (χ4n) is 1.92. The Morgan fingerprint density at radius 1 is 1.43 bits per heavy atom. The summed E-state index contributed by atoms with van der Waals surface area (Å²) in [4.78, 5) is 0. The van der Waals surface area contributed by atoms with Crippen molar-refractivity contribution in [3.63, 3.8) is 0 Å². The summed E-state index contributed by atoms with van der Waals surface area (Å²) in [5, 5.41) is 3.33. The van der Waals surface area contributed by atoms with Crippen LogP contribution in [-0.2, 0) is 11.2 Å². The molecular weight excluding hydrogens is 174 g/mol. The summed E-state index contributed by atoms with van der Waals surface area (Å²) in [7, 11) is 0. The van der Waals surface area contributed by atoms with Gasteiger partial charge in [0.2, 0.25) is 0 Å². The van der Waals surface area contributed by atoms with Crippen LogP contribution in [0.3, 0.4) is 0 Å². The first-order valence-electron chi connectivity index (χ1n) is 5.32. The normalized spacial score (nSPS) is 20.5. The predicted octanol–water partition coefficient (Wildman–Crippen LogP) is 1.91. The number of hydrogen-bond acceptors (Lipinski definition) is 2. The lowest BCUT2D eigenvalue weighted by atomic mass is 9.98. The maximum atomic E-state index is 5.74. The van der Waals surface area contributed by atoms with E-state index in [9.17, 15) is 0 Å². The zero-order chi connectivity index (χ0) is 9.80. The molecule has 2 rings (SSSR count). The third kappa shape index (κ3) is 1.97. The Balaban J connectivity index is 2.14. The fourth-order valence-corrected chi connectivity index (χ4v) is 1.92. The molecule has 0 spiro atoms. The van der Waals surface area contributed by atoms with Crippen molar-refractivity contribution in [2.24, 2.45) is 0 Å². The first-order valence-corrected chi connectivity index (χ1v) is 5.32. The number of benzene rings is 1. The molecule has 1 aliphatic rings. The SMILES string of the molecule is CCNC[C@@H]1OCCc2ccccc21. The van der Waals surface area contributed by atoms with Gasteiger partial charge in [0, 0.05) is 6.54 Å². The minimum atomic E-state index is 0.250. The molecule has 0 aliphatic carbocycles. The van der Waals surface area contributed by atoms with Crippen LogP contribution in [0, 0.1) is 0 Å². The molecule has 0 fully saturated rings. The Hall–Kier alpha value is -0.860. The smallest absolute Gasteiger partial charge is 0.0952 e. The standard InChI is InChI=1S/C12H17NO/c1-2-13-9-12-11-6-4-3-5-10(11)7-8-14-12/h3-6,12-13H,2,7-9H2,1H3/t12-/m0/s1. The predicted molar refractivity (Wildman–Crippen MR) is 57.4 cm³/mol. The van der Waals surface area contributed by atoms with Gasteiger partial charge in [-0.3, -0.25) is 0 Å². The van der Waals surface area contributed by atoms with Gasteiger partial charge >= 0.3 is 0 Å². The van der Waals surface area contributed by atoms with Crippen LogP contribution in [0.25, 0.3) is 0 Å². The van der Waals surface area contributed by atoms with Crippen LogP contribution in [-0.4, -0.2) is 19.7 Å². The van der Waals surface area contributed by atoms with Crippen molar-refractivity contribution in [2.45, 2.75) is 19.4 Å². The quantitative estimate of drug-likeness (QED) is 0.788. The van der Waals surface area contributed by atoms with E-state index < -0.39 is 0 Å². The molecule has 0 saturated heterocycles. The monoisotopic (exact) mass is 191 g/mol. The number of hydrogen-bond donors (Lipinski definition) is 1. The lowest BCUT2D eigenvalue weighted by Gasteiger charge is -2.26. The van der Waals surface area contributed by atoms with Crippen LogP contribution >= 0.6 is 0 Å². The van der Waals surface area contributed by atoms with E-state index in [-0.39, 0.29) is 6.10 Å². The van der Waals surface area contributed by atoms with E-state index in [1.807, 2.05) is 0 Å². The maximum absolute atomic E-state index is 5.74. The zero-order valence-corrected chi connectivity index (χ0v) is 8.62. The molecule has 1 aliphatic heterocycles. The second-order valence-corrected chi connectivity index (χ2v) is 3.62. The highest BCUT2D eigenvalue weighted by molar-refractivity contribution is 5.31. The molecule has 1 aromatic rings. The lowest BCUT2D eigenvalue weighted by Crippen LogP contribution is -2.27. The van der Waals surface area contributed by atoms with E-state index in [2.05, 4.69) is 36.5 Å². The van der Waals surface area contributed by atoms with Crippen molar-refractivity contribution >= 4 is 0 Å². The van der Waals surface area contributed by atoms with Gasteiger partial charge in [0.1, 0.15) is 0 Å². The second kappa shape index (κ2) is 4.58. The first-order chi connectivity index (χ1) is 6.92. The molecule has 1 N–H and O–H groups in total. The van der Waals surface area contributed by atoms with E-state index in [1.54, 1.807) is 0 Å². The molecule has 2 nitrogen and oxygen atoms in total. The number of ether oxygens (including phenoxy) is 1. The van der Waals surface area contributed by atoms with E-state index >= 15 is 0 Å². The Kier molecular flexibility index (Phi) is 3.17. The summed E-state index contributed by atoms with van der Waals surface area (Å²) in [6.45, 7) is 4.90. The Bertz CT molecular complexity index is 298. The first kappa shape index (κ1) is 9.69. The molecule has 0 radical (unpaired) electrons. The van der Waals surface area contributed by atoms with Crippen LogP contribution in [0.15, 0.2) is 24.3 Å². The highest BCUT2D eigenvalue weighted by Gasteiger charge is 2.19. The minimum Gasteiger partial charge on any atom is -0.372 e. The summed E-state index contributed by atoms with van der Waals surface area (Å²) in [5.41, 5.74) is 2.81. The van der Waals surface area contributed by atoms with Gasteiger partial charge in [0.25, 0.3) is 0 Å². The largest absolute Gasteiger partial charge is 0.372 e. The molecule has 1 heterocycles. The zero-order valence-electron chi connectivity index (χ0n) is 8.62. The van der Waals surface area contributed by atoms with Crippen LogP contribution in [0.4, 0.5) is 0 Å². The third-order valence-corrected chi connectivity index (χ3v) is 2.67. The van der Waals surface area contributed by atoms with E-state index in [4.69, 9.17) is 4.74 Å². The van der Waals surface area contributed by atoms with E-state index in [0.717, 1.165) is 26.1 Å². The maximum Gasteiger partial charge on any atom is 0.0952 e. The third-order valence-electron chi connectivity index (χ3n) is 2.67. The number of fused-ring (bicyclic) bond motifs is 1. The van der Waals surface area contributed by atoms with Gasteiger partial charge in [-0.25, -0.2) is 0 Å². The molecule has 1 atom stereocenters. The highest BCUT2D eigenvalue weighted by atomic mass is 16.5. The lowest BCUT2D eigenvalue weighted by molar-refractivity contribution is 0.0429. The van der Waals surface area contributed by atoms with Gasteiger partial charge in [-0.15, -0.1) is 0 Å². The number of rotatable bonds is 3. The minimum absolute atomic E-state index is 0.250. The molecular formula is C12H17NO. The van der Waals surface area contributed by atoms with Gasteiger partial charge < -0.3 is 10.1 Å². The second-order valence-electron chi connectivity index (χ2n) is 3.62. The Morgan fingerprint density at radius 2 is 2.29 bits per heavy atom. The summed E-state index contributed by atoms with van der Waals surface area (Å²) < 4.78 is 5.74. The molecule has 0 saturated carbocycles. The average Bonchev–Trinajstić information content (AvgIpc) is 2.26. The van der Waals surface area contributed by atoms with E-state index in [0.29, 0.717) is 0 Å². The summed E-state index contributed by atoms with van der Waals surface area (Å²) >= 11 is 0. The molecule has 0 unspecified atom stereocenters. The molecule has 0 bridgehead atoms. The topological polar surface area (TPSA) is 21.3 Å². The average molecular weight is 191 g/mol. The summed E-state index contributed by atoms with van der Waals surface area (Å²) in [6, 6.07) is 8.58. The van der Waals surface area contributed by atoms with Crippen molar-refractivity contribution in [2.75, 3.05) is 19.7 Å². The van der Waals surface area contributed by atoms with Crippen LogP contribution < -0.4 is 5.32 Å². The van der Waals surface area contributed by atoms with Gasteiger partial charge in [-0.2, -0.15) is 0 Å². The van der Waals surface area contributed by atoms with Crippen molar-refractivity contribution in [1.29, 1.82) is 0 Å². The van der Waals surface area contributed by atoms with E-state index in [1.165, 1.54) is 11.1 Å². The molecule has 14 heavy (non-hydrogen) atoms. The van der Waals surface area contributed by atoms with Crippen LogP contribution in [0.5, 0.6) is 0 Å². The Labute approximate surface area is 85.3 Å². The number of likely N-dealkylation sites (N-methyl/N-ethyl adjacent to an activating group) is 1. The van der Waals surface area contributed by atoms with Gasteiger partial charge in [0.15, 0.2) is 0 Å². The van der Waals surface area contributed by atoms with Gasteiger partial charge in [0.05, 0.1) is 12.7 Å². The molecule has 2 heteroatoms. The van der Waals surface area contributed by atoms with Crippen molar-refractivity contribution in [3.05, 3.63) is 35.4 Å². The van der Waals surface area contributed by atoms with Crippen molar-refractivity contribution in [3.8, 4) is 0 Å². The fraction of sp³-hybridized carbons (Fsp3) is 0.500.